The number of carbonyl (C=O) groups excluding carboxylic acids is 1. The van der Waals surface area contributed by atoms with E-state index in [1.165, 1.54) is 11.0 Å². The molecule has 0 radical (unpaired) electrons. The zero-order valence-electron chi connectivity index (χ0n) is 23.4. The fourth-order valence-electron chi connectivity index (χ4n) is 6.47. The smallest absolute Gasteiger partial charge is 0.379 e. The molecule has 216 valence electrons. The Labute approximate surface area is 237 Å². The second-order valence-corrected chi connectivity index (χ2v) is 12.7. The Hall–Kier alpha value is -3.24. The first-order valence-electron chi connectivity index (χ1n) is 14.4. The third-order valence-corrected chi connectivity index (χ3v) is 9.55. The number of halogens is 3. The van der Waals surface area contributed by atoms with Crippen LogP contribution in [0.25, 0.3) is 0 Å². The number of amides is 1. The van der Waals surface area contributed by atoms with Crippen LogP contribution in [0.15, 0.2) is 36.7 Å². The molecular formula is C31H34F3N5O2. The molecule has 2 aromatic carbocycles. The molecule has 0 bridgehead atoms. The predicted molar refractivity (Wildman–Crippen MR) is 147 cm³/mol. The van der Waals surface area contributed by atoms with Gasteiger partial charge in [0.05, 0.1) is 25.3 Å². The van der Waals surface area contributed by atoms with Gasteiger partial charge in [-0.2, -0.15) is 13.2 Å². The Morgan fingerprint density at radius 2 is 1.90 bits per heavy atom. The van der Waals surface area contributed by atoms with Gasteiger partial charge in [-0.05, 0) is 91.5 Å². The van der Waals surface area contributed by atoms with Crippen LogP contribution in [-0.4, -0.2) is 39.4 Å². The Kier molecular flexibility index (Phi) is 6.10. The van der Waals surface area contributed by atoms with E-state index in [1.54, 1.807) is 12.4 Å². The summed E-state index contributed by atoms with van der Waals surface area (Å²) in [5.74, 6) is 0.856. The molecule has 0 spiro atoms. The normalized spacial score (nSPS) is 21.0. The van der Waals surface area contributed by atoms with Gasteiger partial charge in [0, 0.05) is 42.2 Å². The lowest BCUT2D eigenvalue weighted by Gasteiger charge is -2.42. The number of carbonyl (C=O) groups is 1. The van der Waals surface area contributed by atoms with Gasteiger partial charge in [-0.25, -0.2) is 0 Å². The highest BCUT2D eigenvalue weighted by Gasteiger charge is 2.44. The molecule has 3 aromatic rings. The number of anilines is 1. The highest BCUT2D eigenvalue weighted by molar-refractivity contribution is 6.10. The maximum absolute atomic E-state index is 14.3. The number of rotatable bonds is 8. The maximum atomic E-state index is 14.3. The molecule has 1 saturated heterocycles. The molecule has 2 aliphatic carbocycles. The first-order chi connectivity index (χ1) is 19.5. The van der Waals surface area contributed by atoms with Gasteiger partial charge in [-0.3, -0.25) is 4.79 Å². The third-order valence-electron chi connectivity index (χ3n) is 9.55. The summed E-state index contributed by atoms with van der Waals surface area (Å²) in [6.07, 6.45) is 2.99. The molecule has 3 fully saturated rings. The van der Waals surface area contributed by atoms with E-state index < -0.39 is 11.7 Å². The Morgan fingerprint density at radius 1 is 1.12 bits per heavy atom. The van der Waals surface area contributed by atoms with E-state index in [2.05, 4.69) is 28.5 Å². The van der Waals surface area contributed by atoms with Crippen molar-refractivity contribution in [3.05, 3.63) is 75.9 Å². The molecular weight excluding hydrogens is 531 g/mol. The second kappa shape index (κ2) is 9.39. The zero-order valence-corrected chi connectivity index (χ0v) is 23.4. The third kappa shape index (κ3) is 4.74. The summed E-state index contributed by atoms with van der Waals surface area (Å²) >= 11 is 0. The fourth-order valence-corrected chi connectivity index (χ4v) is 6.47. The van der Waals surface area contributed by atoms with Crippen LogP contribution in [0, 0.1) is 0 Å². The van der Waals surface area contributed by atoms with Crippen LogP contribution < -0.4 is 10.2 Å². The first-order valence-corrected chi connectivity index (χ1v) is 14.4. The van der Waals surface area contributed by atoms with E-state index in [0.29, 0.717) is 43.3 Å². The molecule has 0 unspecified atom stereocenters. The van der Waals surface area contributed by atoms with Gasteiger partial charge >= 0.3 is 6.18 Å². The lowest BCUT2D eigenvalue weighted by molar-refractivity contribution is -0.138. The topological polar surface area (TPSA) is 72.3 Å². The number of hydrogen-bond acceptors (Lipinski definition) is 5. The fraction of sp³-hybridized carbons (Fsp3) is 0.516. The van der Waals surface area contributed by atoms with Crippen molar-refractivity contribution in [2.24, 2.45) is 7.05 Å². The summed E-state index contributed by atoms with van der Waals surface area (Å²) in [7, 11) is 1.91. The number of alkyl halides is 3. The maximum Gasteiger partial charge on any atom is 0.416 e. The van der Waals surface area contributed by atoms with E-state index in [-0.39, 0.29) is 34.5 Å². The predicted octanol–water partition coefficient (Wildman–Crippen LogP) is 5.41. The van der Waals surface area contributed by atoms with Gasteiger partial charge < -0.3 is 19.5 Å². The van der Waals surface area contributed by atoms with Crippen LogP contribution in [0.4, 0.5) is 18.9 Å². The number of hydrogen-bond donors (Lipinski definition) is 1. The minimum atomic E-state index is -4.55. The number of nitrogens with one attached hydrogen (secondary N) is 1. The highest BCUT2D eigenvalue weighted by Crippen LogP contribution is 2.46. The van der Waals surface area contributed by atoms with Crippen LogP contribution >= 0.6 is 0 Å². The Balaban J connectivity index is 1.25. The molecule has 1 N–H and O–H groups in total. The van der Waals surface area contributed by atoms with Gasteiger partial charge in [0.2, 0.25) is 0 Å². The Morgan fingerprint density at radius 3 is 2.49 bits per heavy atom. The molecule has 7 rings (SSSR count). The van der Waals surface area contributed by atoms with Crippen molar-refractivity contribution in [1.29, 1.82) is 0 Å². The van der Waals surface area contributed by atoms with Crippen molar-refractivity contribution >= 4 is 11.6 Å². The molecule has 10 heteroatoms. The van der Waals surface area contributed by atoms with Crippen LogP contribution in [-0.2, 0) is 42.9 Å². The minimum Gasteiger partial charge on any atom is -0.379 e. The standard InChI is InChI=1S/C31H34F3N5O2/c1-29(6-3-7-29)35-14-19-8-24-25(26(9-19)31(32,33)34)15-39(28(24)40)23-11-21(20-4-5-20)10-22(12-23)30(16-41-17-30)13-27-37-36-18-38(27)2/h8-12,18,20,35H,3-7,13-17H2,1-2H3. The summed E-state index contributed by atoms with van der Waals surface area (Å²) in [5, 5.41) is 11.7. The SMILES string of the molecule is Cn1cnnc1CC1(c2cc(C3CC3)cc(N3Cc4c(cc(CNC5(C)CCC5)cc4C(F)(F)F)C3=O)c2)COC1. The average molecular weight is 566 g/mol. The van der Waals surface area contributed by atoms with E-state index in [1.807, 2.05) is 23.7 Å². The van der Waals surface area contributed by atoms with Crippen LogP contribution in [0.2, 0.25) is 0 Å². The quantitative estimate of drug-likeness (QED) is 0.395. The number of aromatic nitrogens is 3. The molecule has 3 heterocycles. The first kappa shape index (κ1) is 26.6. The molecule has 4 aliphatic rings. The molecule has 0 atom stereocenters. The second-order valence-electron chi connectivity index (χ2n) is 12.7. The van der Waals surface area contributed by atoms with Gasteiger partial charge in [0.25, 0.3) is 5.91 Å². The summed E-state index contributed by atoms with van der Waals surface area (Å²) in [6, 6.07) is 9.04. The van der Waals surface area contributed by atoms with Crippen molar-refractivity contribution in [1.82, 2.24) is 20.1 Å². The monoisotopic (exact) mass is 565 g/mol. The molecule has 7 nitrogen and oxygen atoms in total. The number of ether oxygens (including phenoxy) is 1. The van der Waals surface area contributed by atoms with E-state index in [9.17, 15) is 18.0 Å². The molecule has 1 amide bonds. The van der Waals surface area contributed by atoms with Crippen LogP contribution in [0.5, 0.6) is 0 Å². The minimum absolute atomic E-state index is 0.0558. The van der Waals surface area contributed by atoms with Gasteiger partial charge in [-0.1, -0.05) is 6.07 Å². The lowest BCUT2D eigenvalue weighted by Crippen LogP contribution is -2.49. The average Bonchev–Trinajstić information content (AvgIpc) is 3.60. The van der Waals surface area contributed by atoms with Gasteiger partial charge in [-0.15, -0.1) is 10.2 Å². The number of aryl methyl sites for hydroxylation is 1. The number of nitrogens with zero attached hydrogens (tertiary/aromatic N) is 4. The number of fused-ring (bicyclic) bond motifs is 1. The van der Waals surface area contributed by atoms with Crippen molar-refractivity contribution in [3.63, 3.8) is 0 Å². The number of benzene rings is 2. The van der Waals surface area contributed by atoms with Crippen molar-refractivity contribution in [3.8, 4) is 0 Å². The summed E-state index contributed by atoms with van der Waals surface area (Å²) < 4.78 is 50.5. The summed E-state index contributed by atoms with van der Waals surface area (Å²) in [4.78, 5) is 15.4. The highest BCUT2D eigenvalue weighted by atomic mass is 19.4. The zero-order chi connectivity index (χ0) is 28.6. The summed E-state index contributed by atoms with van der Waals surface area (Å²) in [5.41, 5.74) is 2.39. The lowest BCUT2D eigenvalue weighted by atomic mass is 9.74. The van der Waals surface area contributed by atoms with Gasteiger partial charge in [0.1, 0.15) is 12.2 Å². The van der Waals surface area contributed by atoms with E-state index in [4.69, 9.17) is 4.74 Å². The van der Waals surface area contributed by atoms with Gasteiger partial charge in [0.15, 0.2) is 0 Å². The molecule has 1 aromatic heterocycles. The molecule has 2 aliphatic heterocycles. The molecule has 2 saturated carbocycles. The Bertz CT molecular complexity index is 1520. The van der Waals surface area contributed by atoms with Crippen LogP contribution in [0.1, 0.15) is 88.9 Å². The largest absolute Gasteiger partial charge is 0.416 e. The van der Waals surface area contributed by atoms with Crippen LogP contribution in [0.3, 0.4) is 0 Å². The van der Waals surface area contributed by atoms with Crippen molar-refractivity contribution in [2.45, 2.75) is 81.6 Å². The summed E-state index contributed by atoms with van der Waals surface area (Å²) in [6.45, 7) is 3.31. The van der Waals surface area contributed by atoms with E-state index >= 15 is 0 Å². The van der Waals surface area contributed by atoms with E-state index in [0.717, 1.165) is 49.1 Å². The van der Waals surface area contributed by atoms with Crippen molar-refractivity contribution < 1.29 is 22.7 Å². The molecule has 41 heavy (non-hydrogen) atoms. The van der Waals surface area contributed by atoms with Crippen molar-refractivity contribution in [2.75, 3.05) is 18.1 Å².